The summed E-state index contributed by atoms with van der Waals surface area (Å²) < 4.78 is 26.0. The molecule has 0 aromatic heterocycles. The number of hydrogen-bond donors (Lipinski definition) is 1. The van der Waals surface area contributed by atoms with Gasteiger partial charge in [0, 0.05) is 5.88 Å². The minimum absolute atomic E-state index is 0.0124. The third kappa shape index (κ3) is 4.21. The van der Waals surface area contributed by atoms with E-state index in [9.17, 15) is 8.42 Å². The number of benzene rings is 1. The fourth-order valence-electron chi connectivity index (χ4n) is 1.51. The van der Waals surface area contributed by atoms with E-state index in [-0.39, 0.29) is 5.75 Å². The van der Waals surface area contributed by atoms with Crippen molar-refractivity contribution in [3.8, 4) is 6.07 Å². The third-order valence-corrected chi connectivity index (χ3v) is 4.07. The molecule has 1 aromatic rings. The molecular formula is C12H15ClN2O2S. The molecule has 0 fully saturated rings. The number of halogens is 1. The van der Waals surface area contributed by atoms with Gasteiger partial charge in [0.25, 0.3) is 0 Å². The zero-order valence-corrected chi connectivity index (χ0v) is 11.7. The summed E-state index contributed by atoms with van der Waals surface area (Å²) in [6.45, 7) is 1.77. The summed E-state index contributed by atoms with van der Waals surface area (Å²) in [6.07, 6.45) is 1.16. The van der Waals surface area contributed by atoms with Crippen LogP contribution in [-0.4, -0.2) is 20.1 Å². The van der Waals surface area contributed by atoms with Crippen molar-refractivity contribution in [2.45, 2.75) is 19.8 Å². The summed E-state index contributed by atoms with van der Waals surface area (Å²) in [5.74, 6) is 0.460. The van der Waals surface area contributed by atoms with Gasteiger partial charge in [-0.25, -0.2) is 8.42 Å². The minimum atomic E-state index is -3.42. The number of nitrogens with zero attached hydrogens (tertiary/aromatic N) is 1. The van der Waals surface area contributed by atoms with E-state index in [2.05, 4.69) is 4.72 Å². The summed E-state index contributed by atoms with van der Waals surface area (Å²) in [5.41, 5.74) is 1.44. The van der Waals surface area contributed by atoms with Crippen molar-refractivity contribution in [1.82, 2.24) is 0 Å². The average Bonchev–Trinajstić information content (AvgIpc) is 2.29. The van der Waals surface area contributed by atoms with Crippen molar-refractivity contribution in [2.75, 3.05) is 16.4 Å². The third-order valence-electron chi connectivity index (χ3n) is 2.45. The molecule has 0 radical (unpaired) electrons. The highest BCUT2D eigenvalue weighted by Crippen LogP contribution is 2.19. The monoisotopic (exact) mass is 286 g/mol. The summed E-state index contributed by atoms with van der Waals surface area (Å²) >= 11 is 5.50. The van der Waals surface area contributed by atoms with Gasteiger partial charge in [-0.05, 0) is 31.4 Å². The lowest BCUT2D eigenvalue weighted by atomic mass is 10.1. The van der Waals surface area contributed by atoms with Gasteiger partial charge >= 0.3 is 0 Å². The Morgan fingerprint density at radius 1 is 1.39 bits per heavy atom. The predicted octanol–water partition coefficient (Wildman–Crippen LogP) is 2.63. The fraction of sp³-hybridized carbons (Fsp3) is 0.417. The second-order valence-corrected chi connectivity index (χ2v) is 6.15. The van der Waals surface area contributed by atoms with Crippen LogP contribution < -0.4 is 4.72 Å². The molecule has 98 valence electrons. The van der Waals surface area contributed by atoms with Gasteiger partial charge < -0.3 is 0 Å². The lowest BCUT2D eigenvalue weighted by Gasteiger charge is -2.10. The summed E-state index contributed by atoms with van der Waals surface area (Å²) in [7, 11) is -3.42. The van der Waals surface area contributed by atoms with Crippen LogP contribution in [0.1, 0.15) is 24.0 Å². The summed E-state index contributed by atoms with van der Waals surface area (Å²) in [4.78, 5) is 0. The van der Waals surface area contributed by atoms with Crippen LogP contribution in [-0.2, 0) is 10.0 Å². The van der Waals surface area contributed by atoms with Crippen molar-refractivity contribution in [2.24, 2.45) is 0 Å². The van der Waals surface area contributed by atoms with Crippen LogP contribution in [0.4, 0.5) is 5.69 Å². The average molecular weight is 287 g/mol. The first kappa shape index (κ1) is 14.8. The molecule has 0 amide bonds. The lowest BCUT2D eigenvalue weighted by molar-refractivity contribution is 0.598. The standard InChI is InChI=1S/C12H15ClN2O2S/c1-10-5-4-6-12(11(10)9-14)15-18(16,17)8-3-2-7-13/h4-6,15H,2-3,7-8H2,1H3. The maximum Gasteiger partial charge on any atom is 0.232 e. The zero-order chi connectivity index (χ0) is 13.6. The van der Waals surface area contributed by atoms with Crippen LogP contribution in [0.15, 0.2) is 18.2 Å². The smallest absolute Gasteiger partial charge is 0.232 e. The number of hydrogen-bond acceptors (Lipinski definition) is 3. The number of alkyl halides is 1. The van der Waals surface area contributed by atoms with Gasteiger partial charge in [-0.3, -0.25) is 4.72 Å². The van der Waals surface area contributed by atoms with E-state index >= 15 is 0 Å². The number of anilines is 1. The number of nitriles is 1. The fourth-order valence-corrected chi connectivity index (χ4v) is 2.89. The van der Waals surface area contributed by atoms with E-state index in [1.807, 2.05) is 6.07 Å². The van der Waals surface area contributed by atoms with Crippen molar-refractivity contribution >= 4 is 27.3 Å². The Hall–Kier alpha value is -1.25. The van der Waals surface area contributed by atoms with Gasteiger partial charge in [-0.1, -0.05) is 12.1 Å². The number of nitrogens with one attached hydrogen (secondary N) is 1. The Bertz CT molecular complexity index is 550. The molecular weight excluding hydrogens is 272 g/mol. The minimum Gasteiger partial charge on any atom is -0.282 e. The predicted molar refractivity (Wildman–Crippen MR) is 73.3 cm³/mol. The molecule has 0 aliphatic heterocycles. The van der Waals surface area contributed by atoms with Crippen LogP contribution in [0.2, 0.25) is 0 Å². The molecule has 1 rings (SSSR count). The Kier molecular flexibility index (Phi) is 5.45. The maximum absolute atomic E-state index is 11.8. The molecule has 0 heterocycles. The highest BCUT2D eigenvalue weighted by Gasteiger charge is 2.13. The molecule has 0 atom stereocenters. The number of aryl methyl sites for hydroxylation is 1. The van der Waals surface area contributed by atoms with E-state index in [1.165, 1.54) is 0 Å². The second-order valence-electron chi connectivity index (χ2n) is 3.93. The molecule has 6 heteroatoms. The van der Waals surface area contributed by atoms with Crippen molar-refractivity contribution in [1.29, 1.82) is 5.26 Å². The normalized spacial score (nSPS) is 10.9. The maximum atomic E-state index is 11.8. The van der Waals surface area contributed by atoms with Crippen LogP contribution in [0.25, 0.3) is 0 Å². The lowest BCUT2D eigenvalue weighted by Crippen LogP contribution is -2.17. The Morgan fingerprint density at radius 2 is 2.11 bits per heavy atom. The SMILES string of the molecule is Cc1cccc(NS(=O)(=O)CCCCCl)c1C#N. The molecule has 0 unspecified atom stereocenters. The van der Waals surface area contributed by atoms with Gasteiger partial charge in [0.2, 0.25) is 10.0 Å². The largest absolute Gasteiger partial charge is 0.282 e. The molecule has 1 N–H and O–H groups in total. The van der Waals surface area contributed by atoms with E-state index < -0.39 is 10.0 Å². The number of unbranched alkanes of at least 4 members (excludes halogenated alkanes) is 1. The molecule has 0 bridgehead atoms. The molecule has 1 aromatic carbocycles. The van der Waals surface area contributed by atoms with Crippen LogP contribution >= 0.6 is 11.6 Å². The van der Waals surface area contributed by atoms with Gasteiger partial charge in [-0.15, -0.1) is 11.6 Å². The highest BCUT2D eigenvalue weighted by atomic mass is 35.5. The van der Waals surface area contributed by atoms with Crippen molar-refractivity contribution in [3.05, 3.63) is 29.3 Å². The zero-order valence-electron chi connectivity index (χ0n) is 10.1. The van der Waals surface area contributed by atoms with Crippen LogP contribution in [0.5, 0.6) is 0 Å². The first-order valence-corrected chi connectivity index (χ1v) is 7.75. The molecule has 18 heavy (non-hydrogen) atoms. The first-order chi connectivity index (χ1) is 8.50. The number of sulfonamides is 1. The second kappa shape index (κ2) is 6.62. The van der Waals surface area contributed by atoms with Gasteiger partial charge in [-0.2, -0.15) is 5.26 Å². The topological polar surface area (TPSA) is 70.0 Å². The van der Waals surface area contributed by atoms with Gasteiger partial charge in [0.05, 0.1) is 17.0 Å². The molecule has 4 nitrogen and oxygen atoms in total. The molecule has 0 spiro atoms. The Labute approximate surface area is 113 Å². The molecule has 0 saturated carbocycles. The highest BCUT2D eigenvalue weighted by molar-refractivity contribution is 7.92. The van der Waals surface area contributed by atoms with E-state index in [1.54, 1.807) is 25.1 Å². The molecule has 0 aliphatic carbocycles. The molecule has 0 aliphatic rings. The molecule has 0 saturated heterocycles. The van der Waals surface area contributed by atoms with E-state index in [0.717, 1.165) is 5.56 Å². The van der Waals surface area contributed by atoms with E-state index in [4.69, 9.17) is 16.9 Å². The van der Waals surface area contributed by atoms with Gasteiger partial charge in [0.15, 0.2) is 0 Å². The Morgan fingerprint density at radius 3 is 2.72 bits per heavy atom. The van der Waals surface area contributed by atoms with Crippen LogP contribution in [0, 0.1) is 18.3 Å². The summed E-state index contributed by atoms with van der Waals surface area (Å²) in [5, 5.41) is 9.01. The van der Waals surface area contributed by atoms with Crippen LogP contribution in [0.3, 0.4) is 0 Å². The van der Waals surface area contributed by atoms with Crippen molar-refractivity contribution < 1.29 is 8.42 Å². The quantitative estimate of drug-likeness (QED) is 0.645. The van der Waals surface area contributed by atoms with Crippen molar-refractivity contribution in [3.63, 3.8) is 0 Å². The van der Waals surface area contributed by atoms with Gasteiger partial charge in [0.1, 0.15) is 6.07 Å². The first-order valence-electron chi connectivity index (χ1n) is 5.56. The number of rotatable bonds is 6. The van der Waals surface area contributed by atoms with E-state index in [0.29, 0.717) is 30.0 Å². The Balaban J connectivity index is 2.85. The summed E-state index contributed by atoms with van der Waals surface area (Å²) in [6, 6.07) is 7.08.